The third-order valence-electron chi connectivity index (χ3n) is 2.88. The highest BCUT2D eigenvalue weighted by Crippen LogP contribution is 2.21. The van der Waals surface area contributed by atoms with Crippen LogP contribution in [0, 0.1) is 0 Å². The average Bonchev–Trinajstić information content (AvgIpc) is 2.86. The van der Waals surface area contributed by atoms with Crippen LogP contribution in [0.5, 0.6) is 0 Å². The number of hydrogen-bond acceptors (Lipinski definition) is 5. The van der Waals surface area contributed by atoms with E-state index in [1.165, 1.54) is 6.26 Å². The van der Waals surface area contributed by atoms with E-state index in [1.54, 1.807) is 47.1 Å². The van der Waals surface area contributed by atoms with Crippen LogP contribution in [0.4, 0.5) is 11.5 Å². The molecule has 0 radical (unpaired) electrons. The van der Waals surface area contributed by atoms with E-state index in [-0.39, 0.29) is 4.90 Å². The van der Waals surface area contributed by atoms with Gasteiger partial charge in [0.05, 0.1) is 11.1 Å². The van der Waals surface area contributed by atoms with Crippen LogP contribution in [0.3, 0.4) is 0 Å². The first kappa shape index (κ1) is 13.8. The molecule has 0 bridgehead atoms. The fourth-order valence-corrected chi connectivity index (χ4v) is 2.73. The van der Waals surface area contributed by atoms with Gasteiger partial charge in [-0.15, -0.1) is 0 Å². The van der Waals surface area contributed by atoms with Crippen molar-refractivity contribution in [2.45, 2.75) is 4.90 Å². The molecule has 0 aliphatic carbocycles. The Balaban J connectivity index is 1.97. The highest BCUT2D eigenvalue weighted by atomic mass is 35.5. The first-order valence-corrected chi connectivity index (χ1v) is 8.28. The summed E-state index contributed by atoms with van der Waals surface area (Å²) in [5.41, 5.74) is 1.35. The van der Waals surface area contributed by atoms with Gasteiger partial charge in [0.1, 0.15) is 11.0 Å². The number of halogens is 1. The third kappa shape index (κ3) is 2.84. The molecule has 21 heavy (non-hydrogen) atoms. The maximum Gasteiger partial charge on any atom is 0.175 e. The second-order valence-electron chi connectivity index (χ2n) is 4.49. The molecule has 0 atom stereocenters. The van der Waals surface area contributed by atoms with Crippen molar-refractivity contribution in [2.75, 3.05) is 11.6 Å². The molecular weight excluding hydrogens is 312 g/mol. The van der Waals surface area contributed by atoms with Crippen LogP contribution in [0.1, 0.15) is 0 Å². The van der Waals surface area contributed by atoms with Gasteiger partial charge in [0, 0.05) is 24.1 Å². The van der Waals surface area contributed by atoms with Crippen LogP contribution in [0.2, 0.25) is 5.15 Å². The molecule has 0 spiro atoms. The van der Waals surface area contributed by atoms with E-state index >= 15 is 0 Å². The van der Waals surface area contributed by atoms with Crippen molar-refractivity contribution in [3.8, 4) is 0 Å². The van der Waals surface area contributed by atoms with Crippen LogP contribution in [-0.4, -0.2) is 29.3 Å². The van der Waals surface area contributed by atoms with Crippen molar-refractivity contribution in [3.05, 3.63) is 47.7 Å². The SMILES string of the molecule is CS(=O)(=O)c1ccc(Nc2cc(Cl)nc3ccnn23)cc1. The molecule has 1 N–H and O–H groups in total. The lowest BCUT2D eigenvalue weighted by molar-refractivity contribution is 0.602. The van der Waals surface area contributed by atoms with Crippen molar-refractivity contribution >= 4 is 38.6 Å². The van der Waals surface area contributed by atoms with Crippen molar-refractivity contribution in [2.24, 2.45) is 0 Å². The van der Waals surface area contributed by atoms with Gasteiger partial charge < -0.3 is 5.32 Å². The number of sulfone groups is 1. The number of aromatic nitrogens is 3. The van der Waals surface area contributed by atoms with E-state index in [0.29, 0.717) is 16.6 Å². The molecule has 2 aromatic heterocycles. The van der Waals surface area contributed by atoms with E-state index in [1.807, 2.05) is 0 Å². The van der Waals surface area contributed by atoms with Crippen LogP contribution in [0.15, 0.2) is 47.5 Å². The number of fused-ring (bicyclic) bond motifs is 1. The van der Waals surface area contributed by atoms with Gasteiger partial charge in [0.2, 0.25) is 0 Å². The molecule has 0 aliphatic rings. The number of hydrogen-bond donors (Lipinski definition) is 1. The van der Waals surface area contributed by atoms with Crippen molar-refractivity contribution < 1.29 is 8.42 Å². The van der Waals surface area contributed by atoms with Crippen molar-refractivity contribution in [1.29, 1.82) is 0 Å². The second-order valence-corrected chi connectivity index (χ2v) is 6.89. The Bertz CT molecular complexity index is 904. The summed E-state index contributed by atoms with van der Waals surface area (Å²) in [5, 5.41) is 7.63. The number of rotatable bonds is 3. The molecule has 108 valence electrons. The van der Waals surface area contributed by atoms with E-state index in [0.717, 1.165) is 5.69 Å². The molecule has 0 fully saturated rings. The zero-order chi connectivity index (χ0) is 15.0. The fourth-order valence-electron chi connectivity index (χ4n) is 1.90. The van der Waals surface area contributed by atoms with Gasteiger partial charge >= 0.3 is 0 Å². The lowest BCUT2D eigenvalue weighted by Gasteiger charge is -2.09. The van der Waals surface area contributed by atoms with Crippen molar-refractivity contribution in [1.82, 2.24) is 14.6 Å². The third-order valence-corrected chi connectivity index (χ3v) is 4.21. The highest BCUT2D eigenvalue weighted by Gasteiger charge is 2.08. The minimum Gasteiger partial charge on any atom is -0.340 e. The molecule has 0 amide bonds. The van der Waals surface area contributed by atoms with Crippen LogP contribution in [-0.2, 0) is 9.84 Å². The molecule has 2 heterocycles. The van der Waals surface area contributed by atoms with E-state index in [9.17, 15) is 8.42 Å². The molecule has 0 unspecified atom stereocenters. The summed E-state index contributed by atoms with van der Waals surface area (Å²) in [5.74, 6) is 0.641. The fraction of sp³-hybridized carbons (Fsp3) is 0.0769. The van der Waals surface area contributed by atoms with Gasteiger partial charge in [0.15, 0.2) is 15.5 Å². The maximum absolute atomic E-state index is 11.4. The Kier molecular flexibility index (Phi) is 3.30. The zero-order valence-electron chi connectivity index (χ0n) is 11.0. The maximum atomic E-state index is 11.4. The Labute approximate surface area is 126 Å². The predicted molar refractivity (Wildman–Crippen MR) is 80.8 cm³/mol. The van der Waals surface area contributed by atoms with E-state index in [2.05, 4.69) is 15.4 Å². The molecule has 8 heteroatoms. The monoisotopic (exact) mass is 322 g/mol. The number of benzene rings is 1. The molecule has 0 saturated carbocycles. The molecule has 3 aromatic rings. The summed E-state index contributed by atoms with van der Waals surface area (Å²) >= 11 is 5.96. The van der Waals surface area contributed by atoms with Gasteiger partial charge in [-0.25, -0.2) is 13.4 Å². The summed E-state index contributed by atoms with van der Waals surface area (Å²) in [7, 11) is -3.20. The quantitative estimate of drug-likeness (QED) is 0.750. The topological polar surface area (TPSA) is 76.4 Å². The van der Waals surface area contributed by atoms with Crippen molar-refractivity contribution in [3.63, 3.8) is 0 Å². The van der Waals surface area contributed by atoms with Gasteiger partial charge in [-0.2, -0.15) is 9.61 Å². The lowest BCUT2D eigenvalue weighted by Crippen LogP contribution is -2.02. The van der Waals surface area contributed by atoms with Gasteiger partial charge in [-0.1, -0.05) is 11.6 Å². The van der Waals surface area contributed by atoms with Gasteiger partial charge in [-0.05, 0) is 24.3 Å². The minimum atomic E-state index is -3.20. The molecule has 0 saturated heterocycles. The number of nitrogens with zero attached hydrogens (tertiary/aromatic N) is 3. The van der Waals surface area contributed by atoms with Crippen LogP contribution < -0.4 is 5.32 Å². The Morgan fingerprint density at radius 2 is 1.90 bits per heavy atom. The number of anilines is 2. The van der Waals surface area contributed by atoms with Gasteiger partial charge in [-0.3, -0.25) is 0 Å². The molecular formula is C13H11ClN4O2S. The first-order chi connectivity index (χ1) is 9.93. The van der Waals surface area contributed by atoms with E-state index < -0.39 is 9.84 Å². The summed E-state index contributed by atoms with van der Waals surface area (Å²) in [6.07, 6.45) is 2.79. The second kappa shape index (κ2) is 5.01. The summed E-state index contributed by atoms with van der Waals surface area (Å²) in [6.45, 7) is 0. The lowest BCUT2D eigenvalue weighted by atomic mass is 10.3. The predicted octanol–water partition coefficient (Wildman–Crippen LogP) is 2.53. The largest absolute Gasteiger partial charge is 0.340 e. The molecule has 6 nitrogen and oxygen atoms in total. The Morgan fingerprint density at radius 1 is 1.19 bits per heavy atom. The average molecular weight is 323 g/mol. The minimum absolute atomic E-state index is 0.269. The highest BCUT2D eigenvalue weighted by molar-refractivity contribution is 7.90. The smallest absolute Gasteiger partial charge is 0.175 e. The van der Waals surface area contributed by atoms with Crippen LogP contribution >= 0.6 is 11.6 Å². The van der Waals surface area contributed by atoms with E-state index in [4.69, 9.17) is 11.6 Å². The summed E-state index contributed by atoms with van der Waals surface area (Å²) in [4.78, 5) is 4.40. The Hall–Kier alpha value is -2.12. The molecule has 0 aliphatic heterocycles. The molecule has 1 aromatic carbocycles. The summed E-state index contributed by atoms with van der Waals surface area (Å²) in [6, 6.07) is 9.83. The first-order valence-electron chi connectivity index (χ1n) is 6.01. The van der Waals surface area contributed by atoms with Gasteiger partial charge in [0.25, 0.3) is 0 Å². The summed E-state index contributed by atoms with van der Waals surface area (Å²) < 4.78 is 24.5. The van der Waals surface area contributed by atoms with Crippen LogP contribution in [0.25, 0.3) is 5.65 Å². The standard InChI is InChI=1S/C13H11ClN4O2S/c1-21(19,20)10-4-2-9(3-5-10)16-13-8-11(14)17-12-6-7-15-18(12)13/h2-8,16H,1H3. The number of nitrogens with one attached hydrogen (secondary N) is 1. The Morgan fingerprint density at radius 3 is 2.57 bits per heavy atom. The molecule has 3 rings (SSSR count). The zero-order valence-corrected chi connectivity index (χ0v) is 12.6. The normalized spacial score (nSPS) is 11.7.